The smallest absolute Gasteiger partial charge is 0.317 e. The fourth-order valence-electron chi connectivity index (χ4n) is 2.90. The maximum Gasteiger partial charge on any atom is 0.317 e. The maximum absolute atomic E-state index is 12.7. The Morgan fingerprint density at radius 3 is 2.14 bits per heavy atom. The van der Waals surface area contributed by atoms with Gasteiger partial charge in [-0.3, -0.25) is 4.79 Å². The van der Waals surface area contributed by atoms with Crippen molar-refractivity contribution in [3.8, 4) is 0 Å². The molecule has 1 aliphatic rings. The van der Waals surface area contributed by atoms with E-state index in [4.69, 9.17) is 4.74 Å². The zero-order valence-corrected chi connectivity index (χ0v) is 12.6. The third kappa shape index (κ3) is 3.55. The lowest BCUT2D eigenvalue weighted by molar-refractivity contribution is -0.145. The van der Waals surface area contributed by atoms with Crippen LogP contribution >= 0.6 is 0 Å². The molecule has 22 heavy (non-hydrogen) atoms. The van der Waals surface area contributed by atoms with Gasteiger partial charge < -0.3 is 10.1 Å². The van der Waals surface area contributed by atoms with Crippen molar-refractivity contribution in [3.05, 3.63) is 71.8 Å². The van der Waals surface area contributed by atoms with Gasteiger partial charge in [-0.25, -0.2) is 0 Å². The summed E-state index contributed by atoms with van der Waals surface area (Å²) in [7, 11) is 0. The quantitative estimate of drug-likeness (QED) is 0.862. The average molecular weight is 295 g/mol. The van der Waals surface area contributed by atoms with E-state index < -0.39 is 0 Å². The van der Waals surface area contributed by atoms with E-state index in [1.807, 2.05) is 60.7 Å². The van der Waals surface area contributed by atoms with E-state index >= 15 is 0 Å². The number of hydrogen-bond acceptors (Lipinski definition) is 3. The lowest BCUT2D eigenvalue weighted by atomic mass is 9.91. The Morgan fingerprint density at radius 2 is 1.64 bits per heavy atom. The third-order valence-corrected chi connectivity index (χ3v) is 4.13. The Bertz CT molecular complexity index is 552. The topological polar surface area (TPSA) is 38.3 Å². The van der Waals surface area contributed by atoms with Crippen molar-refractivity contribution < 1.29 is 9.53 Å². The SMILES string of the molecule is O=C(OCC1CCNC1)C(c1ccccc1)c1ccccc1. The highest BCUT2D eigenvalue weighted by Gasteiger charge is 2.25. The van der Waals surface area contributed by atoms with E-state index in [0.717, 1.165) is 30.6 Å². The molecule has 3 nitrogen and oxygen atoms in total. The maximum atomic E-state index is 12.7. The molecule has 1 heterocycles. The first-order valence-corrected chi connectivity index (χ1v) is 7.82. The highest BCUT2D eigenvalue weighted by Crippen LogP contribution is 2.26. The monoisotopic (exact) mass is 295 g/mol. The van der Waals surface area contributed by atoms with Gasteiger partial charge in [0.05, 0.1) is 6.61 Å². The Balaban J connectivity index is 1.77. The van der Waals surface area contributed by atoms with Gasteiger partial charge in [0.2, 0.25) is 0 Å². The summed E-state index contributed by atoms with van der Waals surface area (Å²) >= 11 is 0. The molecular formula is C19H21NO2. The number of hydrogen-bond donors (Lipinski definition) is 1. The molecule has 0 aromatic heterocycles. The van der Waals surface area contributed by atoms with Crippen LogP contribution in [-0.4, -0.2) is 25.7 Å². The molecule has 2 aromatic carbocycles. The second-order valence-corrected chi connectivity index (χ2v) is 5.74. The van der Waals surface area contributed by atoms with Gasteiger partial charge in [-0.2, -0.15) is 0 Å². The van der Waals surface area contributed by atoms with E-state index in [1.54, 1.807) is 0 Å². The second kappa shape index (κ2) is 7.23. The second-order valence-electron chi connectivity index (χ2n) is 5.74. The van der Waals surface area contributed by atoms with Gasteiger partial charge in [0.25, 0.3) is 0 Å². The van der Waals surface area contributed by atoms with E-state index in [-0.39, 0.29) is 11.9 Å². The van der Waals surface area contributed by atoms with E-state index in [2.05, 4.69) is 5.32 Å². The van der Waals surface area contributed by atoms with Crippen molar-refractivity contribution in [2.75, 3.05) is 19.7 Å². The van der Waals surface area contributed by atoms with Crippen molar-refractivity contribution in [1.29, 1.82) is 0 Å². The van der Waals surface area contributed by atoms with E-state index in [1.165, 1.54) is 0 Å². The van der Waals surface area contributed by atoms with Crippen LogP contribution in [0.25, 0.3) is 0 Å². The largest absolute Gasteiger partial charge is 0.465 e. The van der Waals surface area contributed by atoms with Gasteiger partial charge in [0.15, 0.2) is 0 Å². The minimum atomic E-state index is -0.350. The van der Waals surface area contributed by atoms with Crippen LogP contribution in [0.4, 0.5) is 0 Å². The summed E-state index contributed by atoms with van der Waals surface area (Å²) in [4.78, 5) is 12.7. The van der Waals surface area contributed by atoms with Gasteiger partial charge in [0.1, 0.15) is 5.92 Å². The molecule has 0 spiro atoms. The summed E-state index contributed by atoms with van der Waals surface area (Å²) in [6.45, 7) is 2.46. The Hall–Kier alpha value is -2.13. The number of ether oxygens (including phenoxy) is 1. The Morgan fingerprint density at radius 1 is 1.05 bits per heavy atom. The summed E-state index contributed by atoms with van der Waals surface area (Å²) in [5.74, 6) is -0.0720. The molecule has 0 radical (unpaired) electrons. The molecule has 1 fully saturated rings. The molecule has 1 atom stereocenters. The first kappa shape index (κ1) is 14.8. The molecule has 1 aliphatic heterocycles. The molecule has 0 bridgehead atoms. The Labute approximate surface area is 131 Å². The number of carbonyl (C=O) groups excluding carboxylic acids is 1. The van der Waals surface area contributed by atoms with Crippen molar-refractivity contribution in [2.24, 2.45) is 5.92 Å². The zero-order valence-electron chi connectivity index (χ0n) is 12.6. The first-order chi connectivity index (χ1) is 10.8. The molecule has 0 amide bonds. The predicted molar refractivity (Wildman–Crippen MR) is 86.7 cm³/mol. The summed E-state index contributed by atoms with van der Waals surface area (Å²) in [6.07, 6.45) is 1.08. The molecular weight excluding hydrogens is 274 g/mol. The summed E-state index contributed by atoms with van der Waals surface area (Å²) < 4.78 is 5.62. The van der Waals surface area contributed by atoms with Crippen molar-refractivity contribution in [2.45, 2.75) is 12.3 Å². The first-order valence-electron chi connectivity index (χ1n) is 7.82. The highest BCUT2D eigenvalue weighted by atomic mass is 16.5. The lowest BCUT2D eigenvalue weighted by Crippen LogP contribution is -2.22. The van der Waals surface area contributed by atoms with Crippen LogP contribution in [-0.2, 0) is 9.53 Å². The van der Waals surface area contributed by atoms with Crippen LogP contribution in [0.1, 0.15) is 23.5 Å². The summed E-state index contributed by atoms with van der Waals surface area (Å²) in [5, 5.41) is 3.30. The molecule has 1 unspecified atom stereocenters. The standard InChI is InChI=1S/C19H21NO2/c21-19(22-14-15-11-12-20-13-15)18(16-7-3-1-4-8-16)17-9-5-2-6-10-17/h1-10,15,18,20H,11-14H2. The molecule has 0 saturated carbocycles. The number of esters is 1. The number of rotatable bonds is 5. The zero-order chi connectivity index (χ0) is 15.2. The number of benzene rings is 2. The molecule has 3 rings (SSSR count). The summed E-state index contributed by atoms with van der Waals surface area (Å²) in [5.41, 5.74) is 1.95. The molecule has 114 valence electrons. The molecule has 3 heteroatoms. The third-order valence-electron chi connectivity index (χ3n) is 4.13. The van der Waals surface area contributed by atoms with E-state index in [0.29, 0.717) is 12.5 Å². The van der Waals surface area contributed by atoms with Crippen LogP contribution in [0.3, 0.4) is 0 Å². The van der Waals surface area contributed by atoms with Gasteiger partial charge in [-0.05, 0) is 24.1 Å². The van der Waals surface area contributed by atoms with Crippen LogP contribution in [0.15, 0.2) is 60.7 Å². The normalized spacial score (nSPS) is 17.6. The van der Waals surface area contributed by atoms with Gasteiger partial charge in [0, 0.05) is 12.5 Å². The van der Waals surface area contributed by atoms with E-state index in [9.17, 15) is 4.79 Å². The molecule has 0 aliphatic carbocycles. The minimum Gasteiger partial charge on any atom is -0.465 e. The van der Waals surface area contributed by atoms with Gasteiger partial charge in [-0.15, -0.1) is 0 Å². The molecule has 1 saturated heterocycles. The van der Waals surface area contributed by atoms with Crippen LogP contribution in [0, 0.1) is 5.92 Å². The van der Waals surface area contributed by atoms with Crippen LogP contribution in [0.5, 0.6) is 0 Å². The number of carbonyl (C=O) groups is 1. The predicted octanol–water partition coefficient (Wildman–Crippen LogP) is 2.97. The fourth-order valence-corrected chi connectivity index (χ4v) is 2.90. The summed E-state index contributed by atoms with van der Waals surface area (Å²) in [6, 6.07) is 19.7. The number of nitrogens with one attached hydrogen (secondary N) is 1. The molecule has 2 aromatic rings. The fraction of sp³-hybridized carbons (Fsp3) is 0.316. The Kier molecular flexibility index (Phi) is 4.86. The van der Waals surface area contributed by atoms with Crippen LogP contribution < -0.4 is 5.32 Å². The average Bonchev–Trinajstić information content (AvgIpc) is 3.09. The highest BCUT2D eigenvalue weighted by molar-refractivity contribution is 5.82. The van der Waals surface area contributed by atoms with Crippen molar-refractivity contribution >= 4 is 5.97 Å². The minimum absolute atomic E-state index is 0.163. The van der Waals surface area contributed by atoms with Gasteiger partial charge >= 0.3 is 5.97 Å². The lowest BCUT2D eigenvalue weighted by Gasteiger charge is -2.18. The molecule has 1 N–H and O–H groups in total. The van der Waals surface area contributed by atoms with Crippen molar-refractivity contribution in [1.82, 2.24) is 5.32 Å². The van der Waals surface area contributed by atoms with Gasteiger partial charge in [-0.1, -0.05) is 60.7 Å². The van der Waals surface area contributed by atoms with Crippen molar-refractivity contribution in [3.63, 3.8) is 0 Å². The van der Waals surface area contributed by atoms with Crippen LogP contribution in [0.2, 0.25) is 0 Å².